The molecular formula is C20H19F3N2O3S. The third-order valence-electron chi connectivity index (χ3n) is 4.03. The van der Waals surface area contributed by atoms with Gasteiger partial charge in [-0.15, -0.1) is 11.3 Å². The Morgan fingerprint density at radius 3 is 2.69 bits per heavy atom. The first-order valence-electron chi connectivity index (χ1n) is 8.84. The zero-order valence-electron chi connectivity index (χ0n) is 15.6. The van der Waals surface area contributed by atoms with Gasteiger partial charge in [-0.25, -0.2) is 4.98 Å². The van der Waals surface area contributed by atoms with E-state index in [1.54, 1.807) is 0 Å². The first-order chi connectivity index (χ1) is 13.9. The predicted molar refractivity (Wildman–Crippen MR) is 105 cm³/mol. The number of alkyl halides is 3. The number of carbonyl (C=O) groups excluding carboxylic acids is 1. The lowest BCUT2D eigenvalue weighted by molar-refractivity contribution is -0.137. The van der Waals surface area contributed by atoms with E-state index in [2.05, 4.69) is 10.3 Å². The molecule has 1 N–H and O–H groups in total. The molecule has 2 aromatic carbocycles. The summed E-state index contributed by atoms with van der Waals surface area (Å²) in [6, 6.07) is 10.6. The van der Waals surface area contributed by atoms with Crippen LogP contribution in [0.3, 0.4) is 0 Å². The molecular weight excluding hydrogens is 405 g/mol. The van der Waals surface area contributed by atoms with Crippen molar-refractivity contribution in [3.8, 4) is 5.75 Å². The van der Waals surface area contributed by atoms with Crippen molar-refractivity contribution in [3.63, 3.8) is 0 Å². The van der Waals surface area contributed by atoms with Gasteiger partial charge in [-0.3, -0.25) is 4.79 Å². The number of methoxy groups -OCH3 is 1. The molecule has 0 radical (unpaired) electrons. The Bertz CT molecular complexity index is 956. The molecule has 0 aliphatic heterocycles. The number of rotatable bonds is 8. The second-order valence-electron chi connectivity index (χ2n) is 6.17. The van der Waals surface area contributed by atoms with Gasteiger partial charge in [0.15, 0.2) is 0 Å². The van der Waals surface area contributed by atoms with E-state index in [-0.39, 0.29) is 31.1 Å². The fourth-order valence-corrected chi connectivity index (χ4v) is 3.59. The normalized spacial score (nSPS) is 11.6. The molecule has 0 bridgehead atoms. The molecule has 9 heteroatoms. The maximum absolute atomic E-state index is 13.0. The van der Waals surface area contributed by atoms with Crippen LogP contribution in [0.2, 0.25) is 0 Å². The minimum absolute atomic E-state index is 0.0229. The molecule has 0 aliphatic rings. The average molecular weight is 424 g/mol. The van der Waals surface area contributed by atoms with Crippen molar-refractivity contribution in [2.75, 3.05) is 25.6 Å². The Hall–Kier alpha value is -2.65. The number of hydrogen-bond donors (Lipinski definition) is 1. The Kier molecular flexibility index (Phi) is 6.71. The number of ether oxygens (including phenoxy) is 2. The number of nitrogens with zero attached hydrogens (tertiary/aromatic N) is 1. The molecule has 0 fully saturated rings. The molecule has 0 saturated carbocycles. The van der Waals surface area contributed by atoms with Gasteiger partial charge < -0.3 is 14.8 Å². The molecule has 0 saturated heterocycles. The Balaban J connectivity index is 1.69. The van der Waals surface area contributed by atoms with Gasteiger partial charge in [0.2, 0.25) is 5.91 Å². The highest BCUT2D eigenvalue weighted by Gasteiger charge is 2.31. The van der Waals surface area contributed by atoms with Crippen molar-refractivity contribution in [2.45, 2.75) is 19.0 Å². The summed E-state index contributed by atoms with van der Waals surface area (Å²) in [5, 5.41) is 3.32. The standard InChI is InChI=1S/C20H19F3N2O3S/c1-27-10-11-28-16-7-6-13(20(21,22)23)12-15(16)24-18(26)8-9-19-25-14-4-2-3-5-17(14)29-19/h2-7,12H,8-11H2,1H3,(H,24,26). The van der Waals surface area contributed by atoms with Crippen molar-refractivity contribution in [1.29, 1.82) is 0 Å². The lowest BCUT2D eigenvalue weighted by Gasteiger charge is -2.15. The third kappa shape index (κ3) is 5.68. The fraction of sp³-hybridized carbons (Fsp3) is 0.300. The average Bonchev–Trinajstić information content (AvgIpc) is 3.10. The van der Waals surface area contributed by atoms with Crippen LogP contribution < -0.4 is 10.1 Å². The molecule has 1 amide bonds. The zero-order chi connectivity index (χ0) is 20.9. The van der Waals surface area contributed by atoms with E-state index in [1.165, 1.54) is 24.5 Å². The molecule has 3 aromatic rings. The molecule has 1 aromatic heterocycles. The minimum atomic E-state index is -4.52. The van der Waals surface area contributed by atoms with Gasteiger partial charge in [0, 0.05) is 20.0 Å². The number of carbonyl (C=O) groups is 1. The van der Waals surface area contributed by atoms with Crippen molar-refractivity contribution >= 4 is 33.1 Å². The Morgan fingerprint density at radius 2 is 1.97 bits per heavy atom. The first kappa shape index (κ1) is 21.1. The largest absolute Gasteiger partial charge is 0.489 e. The number of benzene rings is 2. The van der Waals surface area contributed by atoms with E-state index >= 15 is 0 Å². The number of anilines is 1. The maximum atomic E-state index is 13.0. The third-order valence-corrected chi connectivity index (χ3v) is 5.13. The molecule has 5 nitrogen and oxygen atoms in total. The van der Waals surface area contributed by atoms with Crippen molar-refractivity contribution in [2.24, 2.45) is 0 Å². The van der Waals surface area contributed by atoms with Crippen molar-refractivity contribution in [1.82, 2.24) is 4.98 Å². The van der Waals surface area contributed by atoms with Crippen molar-refractivity contribution < 1.29 is 27.4 Å². The number of fused-ring (bicyclic) bond motifs is 1. The quantitative estimate of drug-likeness (QED) is 0.522. The van der Waals surface area contributed by atoms with Crippen LogP contribution in [-0.4, -0.2) is 31.2 Å². The van der Waals surface area contributed by atoms with Gasteiger partial charge in [0.1, 0.15) is 12.4 Å². The Labute approximate surface area is 169 Å². The first-order valence-corrected chi connectivity index (χ1v) is 9.66. The molecule has 29 heavy (non-hydrogen) atoms. The highest BCUT2D eigenvalue weighted by Crippen LogP contribution is 2.35. The smallest absolute Gasteiger partial charge is 0.416 e. The van der Waals surface area contributed by atoms with Crippen LogP contribution in [0.25, 0.3) is 10.2 Å². The van der Waals surface area contributed by atoms with Crippen LogP contribution in [-0.2, 0) is 22.1 Å². The van der Waals surface area contributed by atoms with E-state index in [1.807, 2.05) is 24.3 Å². The van der Waals surface area contributed by atoms with Crippen molar-refractivity contribution in [3.05, 3.63) is 53.0 Å². The van der Waals surface area contributed by atoms with Gasteiger partial charge in [-0.05, 0) is 30.3 Å². The van der Waals surface area contributed by atoms with Gasteiger partial charge in [0.05, 0.1) is 33.1 Å². The van der Waals surface area contributed by atoms with Crippen LogP contribution in [0.5, 0.6) is 5.75 Å². The van der Waals surface area contributed by atoms with E-state index in [9.17, 15) is 18.0 Å². The van der Waals surface area contributed by atoms with E-state index in [4.69, 9.17) is 9.47 Å². The number of nitrogens with one attached hydrogen (secondary N) is 1. The highest BCUT2D eigenvalue weighted by molar-refractivity contribution is 7.18. The van der Waals surface area contributed by atoms with Gasteiger partial charge in [-0.2, -0.15) is 13.2 Å². The lowest BCUT2D eigenvalue weighted by atomic mass is 10.1. The number of amides is 1. The molecule has 0 atom stereocenters. The molecule has 0 unspecified atom stereocenters. The van der Waals surface area contributed by atoms with Gasteiger partial charge in [0.25, 0.3) is 0 Å². The molecule has 154 valence electrons. The second-order valence-corrected chi connectivity index (χ2v) is 7.29. The summed E-state index contributed by atoms with van der Waals surface area (Å²) in [5.41, 5.74) is -0.0251. The number of aryl methyl sites for hydroxylation is 1. The lowest BCUT2D eigenvalue weighted by Crippen LogP contribution is -2.15. The van der Waals surface area contributed by atoms with E-state index in [0.717, 1.165) is 27.4 Å². The van der Waals surface area contributed by atoms with Crippen LogP contribution in [0.4, 0.5) is 18.9 Å². The van der Waals surface area contributed by atoms with Crippen LogP contribution in [0.1, 0.15) is 17.0 Å². The maximum Gasteiger partial charge on any atom is 0.416 e. The van der Waals surface area contributed by atoms with E-state index < -0.39 is 17.6 Å². The van der Waals surface area contributed by atoms with Crippen LogP contribution >= 0.6 is 11.3 Å². The number of aromatic nitrogens is 1. The fourth-order valence-electron chi connectivity index (χ4n) is 2.62. The molecule has 1 heterocycles. The molecule has 0 spiro atoms. The summed E-state index contributed by atoms with van der Waals surface area (Å²) in [4.78, 5) is 16.8. The predicted octanol–water partition coefficient (Wildman–Crippen LogP) is 4.91. The second kappa shape index (κ2) is 9.23. The minimum Gasteiger partial charge on any atom is -0.489 e. The summed E-state index contributed by atoms with van der Waals surface area (Å²) < 4.78 is 50.4. The summed E-state index contributed by atoms with van der Waals surface area (Å²) in [5.74, 6) is -0.261. The molecule has 3 rings (SSSR count). The summed E-state index contributed by atoms with van der Waals surface area (Å²) in [7, 11) is 1.49. The SMILES string of the molecule is COCCOc1ccc(C(F)(F)F)cc1NC(=O)CCc1nc2ccccc2s1. The highest BCUT2D eigenvalue weighted by atomic mass is 32.1. The van der Waals surface area contributed by atoms with E-state index in [0.29, 0.717) is 6.42 Å². The zero-order valence-corrected chi connectivity index (χ0v) is 16.4. The number of thiazole rings is 1. The van der Waals surface area contributed by atoms with Crippen LogP contribution in [0, 0.1) is 0 Å². The summed E-state index contributed by atoms with van der Waals surface area (Å²) in [6.07, 6.45) is -4.04. The van der Waals surface area contributed by atoms with Gasteiger partial charge in [-0.1, -0.05) is 12.1 Å². The summed E-state index contributed by atoms with van der Waals surface area (Å²) >= 11 is 1.49. The Morgan fingerprint density at radius 1 is 1.17 bits per heavy atom. The summed E-state index contributed by atoms with van der Waals surface area (Å²) in [6.45, 7) is 0.419. The number of para-hydroxylation sites is 1. The van der Waals surface area contributed by atoms with Crippen LogP contribution in [0.15, 0.2) is 42.5 Å². The number of hydrogen-bond acceptors (Lipinski definition) is 5. The monoisotopic (exact) mass is 424 g/mol. The molecule has 0 aliphatic carbocycles. The topological polar surface area (TPSA) is 60.5 Å². The number of halogens is 3. The van der Waals surface area contributed by atoms with Gasteiger partial charge >= 0.3 is 6.18 Å².